The fourth-order valence-electron chi connectivity index (χ4n) is 6.19. The van der Waals surface area contributed by atoms with Gasteiger partial charge in [0.1, 0.15) is 23.3 Å². The minimum Gasteiger partial charge on any atom is -0.437 e. The third-order valence-electron chi connectivity index (χ3n) is 7.92. The molecule has 9 nitrogen and oxygen atoms in total. The smallest absolute Gasteiger partial charge is 0.413 e. The number of fused-ring (bicyclic) bond motifs is 3. The number of aliphatic imine (C=N–C) groups is 1. The second-order valence-corrected chi connectivity index (χ2v) is 9.92. The number of carbonyl (C=O) groups is 3. The summed E-state index contributed by atoms with van der Waals surface area (Å²) in [4.78, 5) is 46.4. The van der Waals surface area contributed by atoms with E-state index in [-0.39, 0.29) is 29.6 Å². The Morgan fingerprint density at radius 3 is 2.89 bits per heavy atom. The third kappa shape index (κ3) is 3.84. The molecular weight excluding hydrogens is 453 g/mol. The molecule has 6 aliphatic rings. The van der Waals surface area contributed by atoms with Gasteiger partial charge in [0.2, 0.25) is 11.8 Å². The molecule has 0 aromatic rings. The average Bonchev–Trinajstić information content (AvgIpc) is 3.26. The summed E-state index contributed by atoms with van der Waals surface area (Å²) >= 11 is 0. The van der Waals surface area contributed by atoms with Crippen molar-refractivity contribution in [2.75, 3.05) is 26.2 Å². The summed E-state index contributed by atoms with van der Waals surface area (Å²) in [5.74, 6) is -0.0966. The van der Waals surface area contributed by atoms with Gasteiger partial charge in [0.25, 0.3) is 0 Å². The number of ether oxygens (including phenoxy) is 1. The Bertz CT molecular complexity index is 1130. The molecule has 0 saturated carbocycles. The van der Waals surface area contributed by atoms with E-state index in [4.69, 9.17) is 4.74 Å². The molecule has 0 bridgehead atoms. The summed E-state index contributed by atoms with van der Waals surface area (Å²) in [6, 6.07) is -0.824. The lowest BCUT2D eigenvalue weighted by atomic mass is 9.80. The van der Waals surface area contributed by atoms with Crippen LogP contribution in [0, 0.1) is 5.92 Å². The Balaban J connectivity index is 1.14. The van der Waals surface area contributed by atoms with E-state index >= 15 is 0 Å². The van der Waals surface area contributed by atoms with Crippen molar-refractivity contribution in [2.45, 2.75) is 49.8 Å². The predicted octanol–water partition coefficient (Wildman–Crippen LogP) is 1.70. The fourth-order valence-corrected chi connectivity index (χ4v) is 6.19. The van der Waals surface area contributed by atoms with Gasteiger partial charge in [-0.25, -0.2) is 9.18 Å². The maximum Gasteiger partial charge on any atom is 0.413 e. The Labute approximate surface area is 202 Å². The highest BCUT2D eigenvalue weighted by Gasteiger charge is 2.48. The maximum absolute atomic E-state index is 13.6. The standard InChI is InChI=1S/C25H28FN5O4/c26-16-3-4-20-15(12-16)5-9-31(20)23(33)19-13-17(14-21(32)28-19)30-10-6-25(7-11-30)18-2-1-8-27-22(18)29-24(34)35-25/h2-4,12,14-15,19-20H,1,5-11,13H2,(H,28,32)(H,27,29,34). The quantitative estimate of drug-likeness (QED) is 0.625. The van der Waals surface area contributed by atoms with E-state index in [0.717, 1.165) is 17.7 Å². The number of dihydropyridines is 1. The van der Waals surface area contributed by atoms with E-state index in [0.29, 0.717) is 57.7 Å². The van der Waals surface area contributed by atoms with E-state index in [1.54, 1.807) is 23.1 Å². The zero-order valence-electron chi connectivity index (χ0n) is 19.3. The molecular formula is C25H28FN5O4. The molecule has 3 amide bonds. The highest BCUT2D eigenvalue weighted by Crippen LogP contribution is 2.39. The Hall–Kier alpha value is -3.43. The van der Waals surface area contributed by atoms with Crippen molar-refractivity contribution in [1.29, 1.82) is 0 Å². The summed E-state index contributed by atoms with van der Waals surface area (Å²) in [6.45, 7) is 2.38. The molecule has 3 fully saturated rings. The SMILES string of the molecule is O=C1C=C(N2CCC3(CC2)OC(=O)NC2=NCCC=C23)CC(C(=O)N2CCC3C=C(F)C=CC32)N1. The van der Waals surface area contributed by atoms with Crippen LogP contribution < -0.4 is 10.6 Å². The van der Waals surface area contributed by atoms with Gasteiger partial charge in [-0.2, -0.15) is 0 Å². The van der Waals surface area contributed by atoms with Gasteiger partial charge < -0.3 is 19.9 Å². The lowest BCUT2D eigenvalue weighted by molar-refractivity contribution is -0.136. The van der Waals surface area contributed by atoms with Crippen LogP contribution in [0.2, 0.25) is 0 Å². The molecule has 6 rings (SSSR count). The number of piperidine rings is 1. The Morgan fingerprint density at radius 1 is 1.23 bits per heavy atom. The fraction of sp³-hybridized carbons (Fsp3) is 0.520. The highest BCUT2D eigenvalue weighted by molar-refractivity contribution is 6.10. The van der Waals surface area contributed by atoms with Crippen LogP contribution in [0.4, 0.5) is 9.18 Å². The van der Waals surface area contributed by atoms with Crippen LogP contribution in [-0.2, 0) is 14.3 Å². The van der Waals surface area contributed by atoms with Gasteiger partial charge in [-0.05, 0) is 25.0 Å². The van der Waals surface area contributed by atoms with E-state index in [1.165, 1.54) is 6.08 Å². The maximum atomic E-state index is 13.6. The number of alkyl carbamates (subject to hydrolysis) is 1. The van der Waals surface area contributed by atoms with Crippen LogP contribution in [0.5, 0.6) is 0 Å². The Morgan fingerprint density at radius 2 is 2.06 bits per heavy atom. The first-order valence-corrected chi connectivity index (χ1v) is 12.3. The van der Waals surface area contributed by atoms with Crippen LogP contribution in [-0.4, -0.2) is 77.4 Å². The summed E-state index contributed by atoms with van der Waals surface area (Å²) < 4.78 is 19.4. The Kier molecular flexibility index (Phi) is 5.26. The van der Waals surface area contributed by atoms with Crippen LogP contribution in [0.3, 0.4) is 0 Å². The number of carbonyl (C=O) groups excluding carboxylic acids is 3. The van der Waals surface area contributed by atoms with Crippen LogP contribution in [0.1, 0.15) is 32.1 Å². The molecule has 1 spiro atoms. The second kappa shape index (κ2) is 8.35. The molecule has 0 radical (unpaired) electrons. The number of rotatable bonds is 2. The van der Waals surface area contributed by atoms with E-state index in [9.17, 15) is 18.8 Å². The minimum absolute atomic E-state index is 0.0215. The second-order valence-electron chi connectivity index (χ2n) is 9.92. The highest BCUT2D eigenvalue weighted by atomic mass is 19.1. The predicted molar refractivity (Wildman–Crippen MR) is 125 cm³/mol. The van der Waals surface area contributed by atoms with Crippen LogP contribution in [0.15, 0.2) is 52.5 Å². The van der Waals surface area contributed by atoms with E-state index in [1.807, 2.05) is 0 Å². The third-order valence-corrected chi connectivity index (χ3v) is 7.92. The largest absolute Gasteiger partial charge is 0.437 e. The molecule has 0 aromatic carbocycles. The zero-order chi connectivity index (χ0) is 24.2. The van der Waals surface area contributed by atoms with Crippen molar-refractivity contribution in [2.24, 2.45) is 10.9 Å². The van der Waals surface area contributed by atoms with Crippen molar-refractivity contribution >= 4 is 23.7 Å². The molecule has 184 valence electrons. The van der Waals surface area contributed by atoms with E-state index < -0.39 is 17.7 Å². The first-order chi connectivity index (χ1) is 16.9. The van der Waals surface area contributed by atoms with Crippen molar-refractivity contribution in [3.63, 3.8) is 0 Å². The molecule has 35 heavy (non-hydrogen) atoms. The first kappa shape index (κ1) is 22.1. The molecule has 0 aromatic heterocycles. The van der Waals surface area contributed by atoms with Gasteiger partial charge in [0, 0.05) is 68.7 Å². The molecule has 2 N–H and O–H groups in total. The number of hydrogen-bond acceptors (Lipinski definition) is 6. The topological polar surface area (TPSA) is 103 Å². The number of amidine groups is 1. The molecule has 1 aliphatic carbocycles. The molecule has 3 atom stereocenters. The molecule has 10 heteroatoms. The number of halogens is 1. The van der Waals surface area contributed by atoms with Crippen molar-refractivity contribution < 1.29 is 23.5 Å². The monoisotopic (exact) mass is 481 g/mol. The molecule has 5 heterocycles. The minimum atomic E-state index is -0.703. The normalized spacial score (nSPS) is 31.3. The van der Waals surface area contributed by atoms with Gasteiger partial charge in [0.15, 0.2) is 0 Å². The molecule has 5 aliphatic heterocycles. The van der Waals surface area contributed by atoms with Crippen molar-refractivity contribution in [3.05, 3.63) is 47.5 Å². The van der Waals surface area contributed by atoms with Gasteiger partial charge >= 0.3 is 6.09 Å². The average molecular weight is 482 g/mol. The van der Waals surface area contributed by atoms with Gasteiger partial charge in [-0.1, -0.05) is 12.2 Å². The van der Waals surface area contributed by atoms with Gasteiger partial charge in [-0.3, -0.25) is 19.9 Å². The van der Waals surface area contributed by atoms with Gasteiger partial charge in [0.05, 0.1) is 6.04 Å². The van der Waals surface area contributed by atoms with Crippen molar-refractivity contribution in [1.82, 2.24) is 20.4 Å². The lowest BCUT2D eigenvalue weighted by Gasteiger charge is -2.47. The first-order valence-electron chi connectivity index (χ1n) is 12.3. The number of likely N-dealkylation sites (tertiary alicyclic amines) is 2. The van der Waals surface area contributed by atoms with Crippen molar-refractivity contribution in [3.8, 4) is 0 Å². The molecule has 3 saturated heterocycles. The zero-order valence-corrected chi connectivity index (χ0v) is 19.3. The number of amides is 3. The van der Waals surface area contributed by atoms with E-state index in [2.05, 4.69) is 26.6 Å². The number of nitrogens with zero attached hydrogens (tertiary/aromatic N) is 3. The summed E-state index contributed by atoms with van der Waals surface area (Å²) in [7, 11) is 0. The van der Waals surface area contributed by atoms with Crippen LogP contribution >= 0.6 is 0 Å². The number of allylic oxidation sites excluding steroid dienone is 2. The lowest BCUT2D eigenvalue weighted by Crippen LogP contribution is -2.58. The summed E-state index contributed by atoms with van der Waals surface area (Å²) in [6.07, 6.45) is 11.0. The number of hydrogen-bond donors (Lipinski definition) is 2. The van der Waals surface area contributed by atoms with Gasteiger partial charge in [-0.15, -0.1) is 0 Å². The summed E-state index contributed by atoms with van der Waals surface area (Å²) in [5, 5.41) is 5.53. The molecule has 3 unspecified atom stereocenters. The number of nitrogens with one attached hydrogen (secondary N) is 2. The van der Waals surface area contributed by atoms with Crippen LogP contribution in [0.25, 0.3) is 0 Å². The summed E-state index contributed by atoms with van der Waals surface area (Å²) in [5.41, 5.74) is 1.06.